The van der Waals surface area contributed by atoms with Crippen LogP contribution in [0, 0.1) is 12.7 Å². The van der Waals surface area contributed by atoms with Gasteiger partial charge in [0, 0.05) is 23.2 Å². The molecule has 39 heavy (non-hydrogen) atoms. The quantitative estimate of drug-likeness (QED) is 0.198. The van der Waals surface area contributed by atoms with Gasteiger partial charge in [-0.1, -0.05) is 23.7 Å². The summed E-state index contributed by atoms with van der Waals surface area (Å²) in [6, 6.07) is 13.3. The van der Waals surface area contributed by atoms with E-state index in [4.69, 9.17) is 22.1 Å². The van der Waals surface area contributed by atoms with Crippen molar-refractivity contribution in [3.63, 3.8) is 0 Å². The number of aromatic nitrogens is 2. The molecular formula is C27H26ClFN5O4S-. The van der Waals surface area contributed by atoms with Gasteiger partial charge in [-0.3, -0.25) is 9.00 Å². The van der Waals surface area contributed by atoms with Crippen LogP contribution in [-0.2, 0) is 17.7 Å². The van der Waals surface area contributed by atoms with Crippen LogP contribution < -0.4 is 20.1 Å². The molecule has 12 heteroatoms. The Morgan fingerprint density at radius 3 is 2.62 bits per heavy atom. The van der Waals surface area contributed by atoms with E-state index in [2.05, 4.69) is 15.3 Å². The van der Waals surface area contributed by atoms with Crippen molar-refractivity contribution in [2.45, 2.75) is 26.2 Å². The second-order valence-electron chi connectivity index (χ2n) is 8.80. The number of ether oxygens (including phenoxy) is 1. The second-order valence-corrected chi connectivity index (χ2v) is 10.1. The molecule has 0 spiro atoms. The summed E-state index contributed by atoms with van der Waals surface area (Å²) in [7, 11) is 1.60. The van der Waals surface area contributed by atoms with E-state index in [1.165, 1.54) is 12.4 Å². The molecule has 0 saturated heterocycles. The predicted octanol–water partition coefficient (Wildman–Crippen LogP) is 5.20. The molecule has 1 amide bonds. The number of nitrogens with two attached hydrogens (primary N) is 1. The van der Waals surface area contributed by atoms with Gasteiger partial charge >= 0.3 is 0 Å². The van der Waals surface area contributed by atoms with Crippen molar-refractivity contribution in [2.24, 2.45) is 0 Å². The highest BCUT2D eigenvalue weighted by Crippen LogP contribution is 2.36. The number of nitrogens with zero attached hydrogens (tertiary/aromatic N) is 3. The van der Waals surface area contributed by atoms with Crippen LogP contribution in [0.2, 0.25) is 5.02 Å². The van der Waals surface area contributed by atoms with Crippen molar-refractivity contribution in [1.82, 2.24) is 9.97 Å². The number of halogens is 2. The fraction of sp³-hybridized carbons (Fsp3) is 0.222. The van der Waals surface area contributed by atoms with E-state index < -0.39 is 23.0 Å². The molecule has 204 valence electrons. The van der Waals surface area contributed by atoms with Gasteiger partial charge in [-0.25, -0.2) is 14.4 Å². The molecule has 0 aliphatic carbocycles. The van der Waals surface area contributed by atoms with Crippen LogP contribution in [0.15, 0.2) is 54.9 Å². The highest BCUT2D eigenvalue weighted by molar-refractivity contribution is 7.80. The van der Waals surface area contributed by atoms with E-state index >= 15 is 0 Å². The lowest BCUT2D eigenvalue weighted by atomic mass is 10.1. The van der Waals surface area contributed by atoms with Gasteiger partial charge < -0.3 is 24.6 Å². The summed E-state index contributed by atoms with van der Waals surface area (Å²) in [5.74, 6) is -0.550. The number of nitrogen functional groups attached to an aromatic ring is 1. The monoisotopic (exact) mass is 570 g/mol. The molecule has 0 fully saturated rings. The SMILES string of the molecule is COc1ccc(CCCCN(c2ccc(F)c(NC(=O)c3cc(C)cc4c(N)ncnc34)c2Cl)S(=O)[O-])cc1. The molecule has 3 N–H and O–H groups in total. The number of carbonyl (C=O) groups is 1. The molecule has 0 saturated carbocycles. The molecular weight excluding hydrogens is 545 g/mol. The minimum Gasteiger partial charge on any atom is -0.755 e. The molecule has 3 aromatic carbocycles. The summed E-state index contributed by atoms with van der Waals surface area (Å²) < 4.78 is 45.2. The molecule has 4 aromatic rings. The number of benzene rings is 3. The topological polar surface area (TPSA) is 134 Å². The fourth-order valence-electron chi connectivity index (χ4n) is 4.19. The van der Waals surface area contributed by atoms with Gasteiger partial charge in [0.2, 0.25) is 0 Å². The smallest absolute Gasteiger partial charge is 0.258 e. The average Bonchev–Trinajstić information content (AvgIpc) is 2.92. The zero-order valence-corrected chi connectivity index (χ0v) is 22.8. The lowest BCUT2D eigenvalue weighted by Gasteiger charge is -2.28. The van der Waals surface area contributed by atoms with Crippen molar-refractivity contribution in [3.8, 4) is 5.75 Å². The first-order valence-corrected chi connectivity index (χ1v) is 13.4. The molecule has 4 rings (SSSR count). The molecule has 1 aromatic heterocycles. The summed E-state index contributed by atoms with van der Waals surface area (Å²) >= 11 is 3.78. The van der Waals surface area contributed by atoms with Crippen molar-refractivity contribution < 1.29 is 22.7 Å². The van der Waals surface area contributed by atoms with Gasteiger partial charge in [0.05, 0.1) is 34.6 Å². The van der Waals surface area contributed by atoms with Gasteiger partial charge in [-0.2, -0.15) is 0 Å². The number of unbranched alkanes of at least 4 members (excludes halogenated alkanes) is 1. The maximum atomic E-state index is 14.9. The maximum absolute atomic E-state index is 14.9. The van der Waals surface area contributed by atoms with Gasteiger partial charge in [0.1, 0.15) is 23.7 Å². The predicted molar refractivity (Wildman–Crippen MR) is 150 cm³/mol. The summed E-state index contributed by atoms with van der Waals surface area (Å²) in [6.45, 7) is 1.89. The second kappa shape index (κ2) is 12.4. The van der Waals surface area contributed by atoms with E-state index in [0.29, 0.717) is 18.2 Å². The highest BCUT2D eigenvalue weighted by atomic mass is 35.5. The minimum absolute atomic E-state index is 0.0480. The average molecular weight is 571 g/mol. The third-order valence-corrected chi connectivity index (χ3v) is 7.27. The lowest BCUT2D eigenvalue weighted by Crippen LogP contribution is -2.27. The van der Waals surface area contributed by atoms with E-state index in [1.807, 2.05) is 24.3 Å². The Labute approximate surface area is 232 Å². The minimum atomic E-state index is -2.69. The zero-order chi connectivity index (χ0) is 28.1. The largest absolute Gasteiger partial charge is 0.755 e. The van der Waals surface area contributed by atoms with Crippen molar-refractivity contribution >= 4 is 56.9 Å². The summed E-state index contributed by atoms with van der Waals surface area (Å²) in [6.07, 6.45) is 3.19. The maximum Gasteiger partial charge on any atom is 0.258 e. The summed E-state index contributed by atoms with van der Waals surface area (Å²) in [4.78, 5) is 21.3. The molecule has 0 aliphatic heterocycles. The molecule has 1 unspecified atom stereocenters. The number of aryl methyl sites for hydroxylation is 2. The number of amides is 1. The van der Waals surface area contributed by atoms with Gasteiger partial charge in [0.25, 0.3) is 5.91 Å². The molecule has 9 nitrogen and oxygen atoms in total. The Morgan fingerprint density at radius 1 is 1.18 bits per heavy atom. The summed E-state index contributed by atoms with van der Waals surface area (Å²) in [5.41, 5.74) is 7.88. The van der Waals surface area contributed by atoms with Crippen LogP contribution in [0.1, 0.15) is 34.3 Å². The first kappa shape index (κ1) is 28.2. The summed E-state index contributed by atoms with van der Waals surface area (Å²) in [5, 5.41) is 2.72. The van der Waals surface area contributed by atoms with Gasteiger partial charge in [-0.05, 0) is 73.7 Å². The number of methoxy groups -OCH3 is 1. The third-order valence-electron chi connectivity index (χ3n) is 6.15. The van der Waals surface area contributed by atoms with Crippen LogP contribution in [0.25, 0.3) is 10.9 Å². The first-order chi connectivity index (χ1) is 18.7. The number of hydrogen-bond acceptors (Lipinski definition) is 7. The van der Waals surface area contributed by atoms with Crippen LogP contribution >= 0.6 is 11.6 Å². The zero-order valence-electron chi connectivity index (χ0n) is 21.2. The van der Waals surface area contributed by atoms with Crippen LogP contribution in [-0.4, -0.2) is 38.3 Å². The molecule has 0 aliphatic rings. The third kappa shape index (κ3) is 6.44. The Morgan fingerprint density at radius 2 is 1.92 bits per heavy atom. The normalized spacial score (nSPS) is 11.8. The van der Waals surface area contributed by atoms with E-state index in [0.717, 1.165) is 33.7 Å². The van der Waals surface area contributed by atoms with Crippen molar-refractivity contribution in [3.05, 3.63) is 82.4 Å². The number of nitrogens with one attached hydrogen (secondary N) is 1. The Bertz CT molecular complexity index is 1540. The standard InChI is InChI=1S/C27H27ClFN5O4S/c1-16-13-19-24(31-15-32-26(19)30)20(14-16)27(35)33-25-21(29)10-11-22(23(25)28)34(39(36)37)12-4-3-5-17-6-8-18(38-2)9-7-17/h6-11,13-15H,3-5,12H2,1-2H3,(H,33,35)(H,36,37)(H2,30,31,32)/p-1. The van der Waals surface area contributed by atoms with E-state index in [1.54, 1.807) is 26.2 Å². The Kier molecular flexibility index (Phi) is 8.95. The molecule has 1 atom stereocenters. The number of carbonyl (C=O) groups excluding carboxylic acids is 1. The van der Waals surface area contributed by atoms with Crippen molar-refractivity contribution in [2.75, 3.05) is 29.0 Å². The Hall–Kier alpha value is -3.80. The number of rotatable bonds is 10. The van der Waals surface area contributed by atoms with Crippen LogP contribution in [0.5, 0.6) is 5.75 Å². The van der Waals surface area contributed by atoms with Gasteiger partial charge in [-0.15, -0.1) is 0 Å². The van der Waals surface area contributed by atoms with E-state index in [-0.39, 0.29) is 39.8 Å². The van der Waals surface area contributed by atoms with Gasteiger partial charge in [0.15, 0.2) is 0 Å². The highest BCUT2D eigenvalue weighted by Gasteiger charge is 2.21. The molecule has 1 heterocycles. The lowest BCUT2D eigenvalue weighted by molar-refractivity contribution is 0.102. The number of fused-ring (bicyclic) bond motifs is 1. The van der Waals surface area contributed by atoms with Crippen LogP contribution in [0.4, 0.5) is 21.6 Å². The molecule has 0 bridgehead atoms. The van der Waals surface area contributed by atoms with Crippen LogP contribution in [0.3, 0.4) is 0 Å². The first-order valence-electron chi connectivity index (χ1n) is 12.0. The molecule has 0 radical (unpaired) electrons. The Balaban J connectivity index is 1.53. The van der Waals surface area contributed by atoms with E-state index in [9.17, 15) is 17.9 Å². The van der Waals surface area contributed by atoms with Crippen molar-refractivity contribution in [1.29, 1.82) is 0 Å². The number of hydrogen-bond donors (Lipinski definition) is 2. The number of anilines is 3. The fourth-order valence-corrected chi connectivity index (χ4v) is 5.13.